The Labute approximate surface area is 120 Å². The van der Waals surface area contributed by atoms with Crippen LogP contribution in [0.3, 0.4) is 0 Å². The molecule has 5 heteroatoms. The van der Waals surface area contributed by atoms with Crippen molar-refractivity contribution >= 4 is 0 Å². The zero-order chi connectivity index (χ0) is 14.4. The number of benzene rings is 1. The van der Waals surface area contributed by atoms with Crippen molar-refractivity contribution in [1.82, 2.24) is 20.1 Å². The van der Waals surface area contributed by atoms with Gasteiger partial charge in [0.15, 0.2) is 0 Å². The average molecular weight is 274 g/mol. The minimum atomic E-state index is 0.195. The number of likely N-dealkylation sites (N-methyl/N-ethyl adjacent to an activating group) is 1. The van der Waals surface area contributed by atoms with E-state index in [9.17, 15) is 0 Å². The molecule has 1 aromatic carbocycles. The van der Waals surface area contributed by atoms with Crippen molar-refractivity contribution in [2.45, 2.75) is 39.5 Å². The normalized spacial score (nSPS) is 12.6. The fraction of sp³-hybridized carbons (Fsp3) is 0.467. The third-order valence-corrected chi connectivity index (χ3v) is 2.94. The predicted octanol–water partition coefficient (Wildman–Crippen LogP) is 2.42. The second-order valence-corrected chi connectivity index (χ2v) is 4.96. The molecule has 0 saturated carbocycles. The SMILES string of the molecule is CCNC(Cn1cncn1)c1ccc(OC(C)C)cc1. The van der Waals surface area contributed by atoms with Gasteiger partial charge in [-0.25, -0.2) is 4.98 Å². The van der Waals surface area contributed by atoms with Crippen LogP contribution in [0.2, 0.25) is 0 Å². The van der Waals surface area contributed by atoms with Gasteiger partial charge in [0.05, 0.1) is 18.7 Å². The van der Waals surface area contributed by atoms with Crippen molar-refractivity contribution < 1.29 is 4.74 Å². The van der Waals surface area contributed by atoms with Gasteiger partial charge in [0.2, 0.25) is 0 Å². The first kappa shape index (κ1) is 14.5. The van der Waals surface area contributed by atoms with E-state index < -0.39 is 0 Å². The Morgan fingerprint density at radius 3 is 2.55 bits per heavy atom. The van der Waals surface area contributed by atoms with Gasteiger partial charge in [0.1, 0.15) is 18.4 Å². The fourth-order valence-electron chi connectivity index (χ4n) is 2.10. The topological polar surface area (TPSA) is 52.0 Å². The maximum absolute atomic E-state index is 5.67. The van der Waals surface area contributed by atoms with Crippen LogP contribution in [-0.2, 0) is 6.54 Å². The van der Waals surface area contributed by atoms with Crippen molar-refractivity contribution in [3.63, 3.8) is 0 Å². The van der Waals surface area contributed by atoms with Gasteiger partial charge in [-0.1, -0.05) is 19.1 Å². The van der Waals surface area contributed by atoms with Crippen LogP contribution in [-0.4, -0.2) is 27.4 Å². The molecule has 1 aromatic heterocycles. The van der Waals surface area contributed by atoms with E-state index in [0.717, 1.165) is 18.8 Å². The Bertz CT molecular complexity index is 493. The molecular weight excluding hydrogens is 252 g/mol. The van der Waals surface area contributed by atoms with Crippen LogP contribution in [0.15, 0.2) is 36.9 Å². The lowest BCUT2D eigenvalue weighted by Gasteiger charge is -2.19. The zero-order valence-electron chi connectivity index (χ0n) is 12.3. The molecular formula is C15H22N4O. The van der Waals surface area contributed by atoms with Crippen LogP contribution >= 0.6 is 0 Å². The number of nitrogens with zero attached hydrogens (tertiary/aromatic N) is 3. The van der Waals surface area contributed by atoms with E-state index in [1.54, 1.807) is 12.7 Å². The summed E-state index contributed by atoms with van der Waals surface area (Å²) in [6.45, 7) is 7.83. The molecule has 0 amide bonds. The van der Waals surface area contributed by atoms with Crippen LogP contribution in [0, 0.1) is 0 Å². The lowest BCUT2D eigenvalue weighted by atomic mass is 10.1. The summed E-state index contributed by atoms with van der Waals surface area (Å²) in [4.78, 5) is 3.98. The monoisotopic (exact) mass is 274 g/mol. The van der Waals surface area contributed by atoms with E-state index >= 15 is 0 Å². The molecule has 20 heavy (non-hydrogen) atoms. The van der Waals surface area contributed by atoms with Gasteiger partial charge < -0.3 is 10.1 Å². The number of hydrogen-bond acceptors (Lipinski definition) is 4. The second-order valence-electron chi connectivity index (χ2n) is 4.96. The van der Waals surface area contributed by atoms with Gasteiger partial charge in [-0.2, -0.15) is 5.10 Å². The summed E-state index contributed by atoms with van der Waals surface area (Å²) in [7, 11) is 0. The lowest BCUT2D eigenvalue weighted by Crippen LogP contribution is -2.25. The molecule has 0 saturated heterocycles. The highest BCUT2D eigenvalue weighted by Crippen LogP contribution is 2.20. The molecule has 0 fully saturated rings. The van der Waals surface area contributed by atoms with E-state index in [4.69, 9.17) is 4.74 Å². The maximum Gasteiger partial charge on any atom is 0.137 e. The lowest BCUT2D eigenvalue weighted by molar-refractivity contribution is 0.242. The van der Waals surface area contributed by atoms with E-state index in [-0.39, 0.29) is 12.1 Å². The van der Waals surface area contributed by atoms with E-state index in [1.165, 1.54) is 5.56 Å². The van der Waals surface area contributed by atoms with Gasteiger partial charge in [-0.3, -0.25) is 4.68 Å². The Morgan fingerprint density at radius 1 is 1.25 bits per heavy atom. The van der Waals surface area contributed by atoms with Gasteiger partial charge in [0, 0.05) is 0 Å². The van der Waals surface area contributed by atoms with Crippen molar-refractivity contribution in [2.75, 3.05) is 6.54 Å². The van der Waals surface area contributed by atoms with E-state index in [1.807, 2.05) is 30.7 Å². The first-order chi connectivity index (χ1) is 9.69. The highest BCUT2D eigenvalue weighted by molar-refractivity contribution is 5.29. The van der Waals surface area contributed by atoms with Crippen LogP contribution < -0.4 is 10.1 Å². The minimum Gasteiger partial charge on any atom is -0.491 e. The largest absolute Gasteiger partial charge is 0.491 e. The highest BCUT2D eigenvalue weighted by atomic mass is 16.5. The van der Waals surface area contributed by atoms with E-state index in [2.05, 4.69) is 34.5 Å². The van der Waals surface area contributed by atoms with Crippen LogP contribution in [0.4, 0.5) is 0 Å². The van der Waals surface area contributed by atoms with E-state index in [0.29, 0.717) is 0 Å². The molecule has 108 valence electrons. The van der Waals surface area contributed by atoms with Crippen molar-refractivity contribution in [2.24, 2.45) is 0 Å². The summed E-state index contributed by atoms with van der Waals surface area (Å²) in [5.41, 5.74) is 1.22. The fourth-order valence-corrected chi connectivity index (χ4v) is 2.10. The Morgan fingerprint density at radius 2 is 2.00 bits per heavy atom. The van der Waals surface area contributed by atoms with Crippen molar-refractivity contribution in [3.05, 3.63) is 42.5 Å². The third-order valence-electron chi connectivity index (χ3n) is 2.94. The average Bonchev–Trinajstić information content (AvgIpc) is 2.91. The van der Waals surface area contributed by atoms with Gasteiger partial charge >= 0.3 is 0 Å². The third kappa shape index (κ3) is 4.06. The summed E-state index contributed by atoms with van der Waals surface area (Å²) < 4.78 is 7.51. The first-order valence-corrected chi connectivity index (χ1v) is 7.01. The Kier molecular flexibility index (Phi) is 5.12. The second kappa shape index (κ2) is 7.05. The molecule has 0 aliphatic rings. The summed E-state index contributed by atoms with van der Waals surface area (Å²) in [6.07, 6.45) is 3.49. The maximum atomic E-state index is 5.67. The zero-order valence-corrected chi connectivity index (χ0v) is 12.3. The molecule has 0 radical (unpaired) electrons. The highest BCUT2D eigenvalue weighted by Gasteiger charge is 2.11. The first-order valence-electron chi connectivity index (χ1n) is 7.01. The molecule has 2 aromatic rings. The number of aromatic nitrogens is 3. The van der Waals surface area contributed by atoms with Gasteiger partial charge in [-0.05, 0) is 38.1 Å². The Balaban J connectivity index is 2.08. The quantitative estimate of drug-likeness (QED) is 0.842. The molecule has 2 rings (SSSR count). The molecule has 1 unspecified atom stereocenters. The van der Waals surface area contributed by atoms with Gasteiger partial charge in [0.25, 0.3) is 0 Å². The smallest absolute Gasteiger partial charge is 0.137 e. The molecule has 1 atom stereocenters. The molecule has 0 bridgehead atoms. The summed E-state index contributed by atoms with van der Waals surface area (Å²) in [6, 6.07) is 8.45. The van der Waals surface area contributed by atoms with Gasteiger partial charge in [-0.15, -0.1) is 0 Å². The molecule has 0 spiro atoms. The summed E-state index contributed by atoms with van der Waals surface area (Å²) in [5.74, 6) is 0.903. The molecule has 0 aliphatic heterocycles. The number of nitrogens with one attached hydrogen (secondary N) is 1. The molecule has 5 nitrogen and oxygen atoms in total. The molecule has 1 heterocycles. The number of hydrogen-bond donors (Lipinski definition) is 1. The van der Waals surface area contributed by atoms with Crippen molar-refractivity contribution in [1.29, 1.82) is 0 Å². The predicted molar refractivity (Wildman–Crippen MR) is 78.6 cm³/mol. The van der Waals surface area contributed by atoms with Crippen LogP contribution in [0.25, 0.3) is 0 Å². The van der Waals surface area contributed by atoms with Crippen LogP contribution in [0.5, 0.6) is 5.75 Å². The standard InChI is InChI=1S/C15H22N4O/c1-4-17-15(9-19-11-16-10-18-19)13-5-7-14(8-6-13)20-12(2)3/h5-8,10-12,15,17H,4,9H2,1-3H3. The minimum absolute atomic E-state index is 0.195. The molecule has 1 N–H and O–H groups in total. The van der Waals surface area contributed by atoms with Crippen molar-refractivity contribution in [3.8, 4) is 5.75 Å². The summed E-state index contributed by atoms with van der Waals surface area (Å²) in [5, 5.41) is 7.63. The van der Waals surface area contributed by atoms with Crippen LogP contribution in [0.1, 0.15) is 32.4 Å². The number of ether oxygens (including phenoxy) is 1. The number of rotatable bonds is 7. The summed E-state index contributed by atoms with van der Waals surface area (Å²) >= 11 is 0. The Hall–Kier alpha value is -1.88. The molecule has 0 aliphatic carbocycles.